The number of hydrogen-bond acceptors (Lipinski definition) is 3. The molecule has 0 spiro atoms. The largest absolute Gasteiger partial charge is 0.478 e. The van der Waals surface area contributed by atoms with Gasteiger partial charge >= 0.3 is 5.97 Å². The van der Waals surface area contributed by atoms with E-state index in [1.54, 1.807) is 24.3 Å². The van der Waals surface area contributed by atoms with E-state index in [2.05, 4.69) is 5.32 Å². The van der Waals surface area contributed by atoms with Crippen molar-refractivity contribution >= 4 is 23.3 Å². The van der Waals surface area contributed by atoms with E-state index in [9.17, 15) is 14.4 Å². The number of aliphatic carboxylic acids is 1. The Balaban J connectivity index is 2.86. The zero-order valence-corrected chi connectivity index (χ0v) is 11.0. The molecule has 0 unspecified atom stereocenters. The van der Waals surface area contributed by atoms with Crippen molar-refractivity contribution in [1.29, 1.82) is 0 Å². The Morgan fingerprint density at radius 3 is 1.89 bits per heavy atom. The molecule has 0 radical (unpaired) electrons. The number of hydrogen-bond donors (Lipinski definition) is 2. The van der Waals surface area contributed by atoms with E-state index in [0.717, 1.165) is 0 Å². The first-order valence-corrected chi connectivity index (χ1v) is 5.66. The normalized spacial score (nSPS) is 11.5. The molecule has 1 amide bonds. The van der Waals surface area contributed by atoms with Crippen LogP contribution in [0.5, 0.6) is 0 Å². The maximum Gasteiger partial charge on any atom is 0.331 e. The molecule has 0 aromatic heterocycles. The highest BCUT2D eigenvalue weighted by molar-refractivity contribution is 6.08. The van der Waals surface area contributed by atoms with Crippen molar-refractivity contribution in [2.75, 3.05) is 5.32 Å². The number of carboxylic acids is 1. The highest BCUT2D eigenvalue weighted by Gasteiger charge is 2.12. The Bertz CT molecular complexity index is 555. The molecule has 19 heavy (non-hydrogen) atoms. The molecule has 2 N–H and O–H groups in total. The van der Waals surface area contributed by atoms with Gasteiger partial charge < -0.3 is 10.4 Å². The summed E-state index contributed by atoms with van der Waals surface area (Å²) in [4.78, 5) is 33.6. The van der Waals surface area contributed by atoms with Crippen molar-refractivity contribution < 1.29 is 19.5 Å². The third-order valence-electron chi connectivity index (χ3n) is 2.77. The third-order valence-corrected chi connectivity index (χ3v) is 2.77. The first kappa shape index (κ1) is 14.6. The molecule has 0 aliphatic rings. The fourth-order valence-corrected chi connectivity index (χ4v) is 1.34. The van der Waals surface area contributed by atoms with Gasteiger partial charge in [-0.3, -0.25) is 9.59 Å². The van der Waals surface area contributed by atoms with Gasteiger partial charge in [0.25, 0.3) is 5.91 Å². The van der Waals surface area contributed by atoms with Gasteiger partial charge in [0.15, 0.2) is 5.78 Å². The minimum absolute atomic E-state index is 0.00199. The van der Waals surface area contributed by atoms with Gasteiger partial charge in [0.1, 0.15) is 0 Å². The molecule has 0 saturated heterocycles. The van der Waals surface area contributed by atoms with Crippen molar-refractivity contribution in [3.8, 4) is 0 Å². The van der Waals surface area contributed by atoms with Crippen LogP contribution in [-0.2, 0) is 9.59 Å². The quantitative estimate of drug-likeness (QED) is 0.643. The topological polar surface area (TPSA) is 83.5 Å². The van der Waals surface area contributed by atoms with Crippen LogP contribution >= 0.6 is 0 Å². The van der Waals surface area contributed by atoms with Gasteiger partial charge in [-0.2, -0.15) is 0 Å². The van der Waals surface area contributed by atoms with Gasteiger partial charge in [-0.1, -0.05) is 0 Å². The lowest BCUT2D eigenvalue weighted by atomic mass is 10.1. The number of nitrogens with one attached hydrogen (secondary N) is 1. The van der Waals surface area contributed by atoms with E-state index in [1.807, 2.05) is 0 Å². The molecular formula is C14H15NO4. The van der Waals surface area contributed by atoms with Gasteiger partial charge in [-0.05, 0) is 45.0 Å². The van der Waals surface area contributed by atoms with Crippen LogP contribution in [0.1, 0.15) is 31.1 Å². The fourth-order valence-electron chi connectivity index (χ4n) is 1.34. The van der Waals surface area contributed by atoms with Crippen LogP contribution in [-0.4, -0.2) is 22.8 Å². The van der Waals surface area contributed by atoms with E-state index >= 15 is 0 Å². The summed E-state index contributed by atoms with van der Waals surface area (Å²) < 4.78 is 0. The van der Waals surface area contributed by atoms with E-state index in [4.69, 9.17) is 5.11 Å². The highest BCUT2D eigenvalue weighted by atomic mass is 16.4. The minimum atomic E-state index is -1.13. The van der Waals surface area contributed by atoms with Crippen LogP contribution in [0, 0.1) is 0 Å². The summed E-state index contributed by atoms with van der Waals surface area (Å²) in [7, 11) is 0. The SMILES string of the molecule is CC(=O)c1ccc(NC(=O)C(C)=C(C)C(=O)O)cc1. The van der Waals surface area contributed by atoms with Gasteiger partial charge in [0.05, 0.1) is 0 Å². The molecule has 100 valence electrons. The van der Waals surface area contributed by atoms with E-state index in [1.165, 1.54) is 20.8 Å². The van der Waals surface area contributed by atoms with Crippen molar-refractivity contribution in [2.24, 2.45) is 0 Å². The average molecular weight is 261 g/mol. The van der Waals surface area contributed by atoms with Gasteiger partial charge in [-0.25, -0.2) is 4.79 Å². The Morgan fingerprint density at radius 1 is 0.947 bits per heavy atom. The molecule has 1 rings (SSSR count). The Kier molecular flexibility index (Phi) is 4.58. The summed E-state index contributed by atoms with van der Waals surface area (Å²) in [5.74, 6) is -1.66. The number of ketones is 1. The lowest BCUT2D eigenvalue weighted by Gasteiger charge is -2.07. The number of Topliss-reactive ketones (excluding diaryl/α,β-unsaturated/α-hetero) is 1. The number of carbonyl (C=O) groups excluding carboxylic acids is 2. The Morgan fingerprint density at radius 2 is 1.47 bits per heavy atom. The maximum absolute atomic E-state index is 11.8. The summed E-state index contributed by atoms with van der Waals surface area (Å²) in [6, 6.07) is 6.39. The first-order valence-electron chi connectivity index (χ1n) is 5.66. The van der Waals surface area contributed by atoms with Crippen LogP contribution in [0.15, 0.2) is 35.4 Å². The molecule has 5 heteroatoms. The lowest BCUT2D eigenvalue weighted by molar-refractivity contribution is -0.133. The summed E-state index contributed by atoms with van der Waals surface area (Å²) in [5, 5.41) is 11.4. The molecule has 1 aromatic rings. The highest BCUT2D eigenvalue weighted by Crippen LogP contribution is 2.12. The number of carbonyl (C=O) groups is 3. The van der Waals surface area contributed by atoms with E-state index < -0.39 is 11.9 Å². The first-order chi connectivity index (χ1) is 8.82. The van der Waals surface area contributed by atoms with Crippen molar-refractivity contribution in [3.05, 3.63) is 41.0 Å². The standard InChI is InChI=1S/C14H15NO4/c1-8(9(2)14(18)19)13(17)15-12-6-4-11(5-7-12)10(3)16/h4-7H,1-3H3,(H,15,17)(H,18,19). The number of amides is 1. The fraction of sp³-hybridized carbons (Fsp3) is 0.214. The molecular weight excluding hydrogens is 246 g/mol. The van der Waals surface area contributed by atoms with Crippen LogP contribution in [0.4, 0.5) is 5.69 Å². The average Bonchev–Trinajstić information content (AvgIpc) is 2.37. The van der Waals surface area contributed by atoms with Gasteiger partial charge in [0, 0.05) is 22.4 Å². The predicted octanol–water partition coefficient (Wildman–Crippen LogP) is 2.25. The van der Waals surface area contributed by atoms with Crippen LogP contribution in [0.2, 0.25) is 0 Å². The second-order valence-corrected chi connectivity index (χ2v) is 4.14. The maximum atomic E-state index is 11.8. The third kappa shape index (κ3) is 3.77. The molecule has 0 saturated carbocycles. The summed E-state index contributed by atoms with van der Waals surface area (Å²) in [6.45, 7) is 4.27. The number of rotatable bonds is 4. The molecule has 0 atom stereocenters. The van der Waals surface area contributed by atoms with Crippen molar-refractivity contribution in [1.82, 2.24) is 0 Å². The minimum Gasteiger partial charge on any atom is -0.478 e. The molecule has 1 aromatic carbocycles. The van der Waals surface area contributed by atoms with E-state index in [0.29, 0.717) is 11.3 Å². The van der Waals surface area contributed by atoms with Gasteiger partial charge in [-0.15, -0.1) is 0 Å². The van der Waals surface area contributed by atoms with Crippen molar-refractivity contribution in [3.63, 3.8) is 0 Å². The molecule has 0 bridgehead atoms. The molecule has 0 fully saturated rings. The smallest absolute Gasteiger partial charge is 0.331 e. The number of carboxylic acid groups (broad SMARTS) is 1. The Labute approximate surface area is 110 Å². The molecule has 5 nitrogen and oxygen atoms in total. The number of anilines is 1. The lowest BCUT2D eigenvalue weighted by Crippen LogP contribution is -2.16. The number of benzene rings is 1. The monoisotopic (exact) mass is 261 g/mol. The molecule has 0 heterocycles. The predicted molar refractivity (Wildman–Crippen MR) is 71.1 cm³/mol. The van der Waals surface area contributed by atoms with Crippen LogP contribution in [0.3, 0.4) is 0 Å². The second-order valence-electron chi connectivity index (χ2n) is 4.14. The summed E-state index contributed by atoms with van der Waals surface area (Å²) >= 11 is 0. The second kappa shape index (κ2) is 5.95. The van der Waals surface area contributed by atoms with Crippen LogP contribution < -0.4 is 5.32 Å². The van der Waals surface area contributed by atoms with Gasteiger partial charge in [0.2, 0.25) is 0 Å². The zero-order valence-electron chi connectivity index (χ0n) is 11.0. The summed E-state index contributed by atoms with van der Waals surface area (Å²) in [6.07, 6.45) is 0. The Hall–Kier alpha value is -2.43. The van der Waals surface area contributed by atoms with Crippen LogP contribution in [0.25, 0.3) is 0 Å². The van der Waals surface area contributed by atoms with E-state index in [-0.39, 0.29) is 16.9 Å². The molecule has 0 aliphatic heterocycles. The zero-order chi connectivity index (χ0) is 14.6. The summed E-state index contributed by atoms with van der Waals surface area (Å²) in [5.41, 5.74) is 1.19. The molecule has 0 aliphatic carbocycles. The van der Waals surface area contributed by atoms with Crippen molar-refractivity contribution in [2.45, 2.75) is 20.8 Å².